The van der Waals surface area contributed by atoms with Crippen molar-refractivity contribution in [2.24, 2.45) is 0 Å². The van der Waals surface area contributed by atoms with Gasteiger partial charge in [0.2, 0.25) is 0 Å². The molecule has 0 bridgehead atoms. The standard InChI is InChI=1S/C13H14FN3O3/c1-8-11(17(19)20)12(16(3)13(18)15(8)2)9-6-4-5-7-10(9)14/h4-7,12H,1-3H3. The third kappa shape index (κ3) is 2.01. The molecule has 20 heavy (non-hydrogen) atoms. The Bertz CT molecular complexity index is 615. The molecular weight excluding hydrogens is 265 g/mol. The molecule has 1 aromatic carbocycles. The molecule has 1 unspecified atom stereocenters. The molecule has 0 N–H and O–H groups in total. The monoisotopic (exact) mass is 279 g/mol. The van der Waals surface area contributed by atoms with Crippen LogP contribution < -0.4 is 0 Å². The quantitative estimate of drug-likeness (QED) is 0.616. The van der Waals surface area contributed by atoms with Crippen LogP contribution in [0.4, 0.5) is 9.18 Å². The predicted molar refractivity (Wildman–Crippen MR) is 69.8 cm³/mol. The van der Waals surface area contributed by atoms with Gasteiger partial charge in [0.1, 0.15) is 5.82 Å². The van der Waals surface area contributed by atoms with Gasteiger partial charge in [-0.2, -0.15) is 0 Å². The van der Waals surface area contributed by atoms with Gasteiger partial charge in [0, 0.05) is 19.7 Å². The number of rotatable bonds is 2. The maximum atomic E-state index is 13.9. The van der Waals surface area contributed by atoms with E-state index in [4.69, 9.17) is 0 Å². The van der Waals surface area contributed by atoms with Gasteiger partial charge in [-0.25, -0.2) is 9.18 Å². The van der Waals surface area contributed by atoms with E-state index in [1.165, 1.54) is 49.0 Å². The van der Waals surface area contributed by atoms with Crippen molar-refractivity contribution in [1.82, 2.24) is 9.80 Å². The van der Waals surface area contributed by atoms with Crippen LogP contribution in [0.25, 0.3) is 0 Å². The Morgan fingerprint density at radius 2 is 1.90 bits per heavy atom. The zero-order valence-corrected chi connectivity index (χ0v) is 11.3. The van der Waals surface area contributed by atoms with Crippen molar-refractivity contribution in [3.05, 3.63) is 57.2 Å². The molecule has 2 rings (SSSR count). The number of hydrogen-bond donors (Lipinski definition) is 0. The topological polar surface area (TPSA) is 66.7 Å². The van der Waals surface area contributed by atoms with Gasteiger partial charge in [-0.3, -0.25) is 15.0 Å². The molecule has 0 radical (unpaired) electrons. The van der Waals surface area contributed by atoms with Crippen molar-refractivity contribution in [3.8, 4) is 0 Å². The molecule has 0 saturated heterocycles. The summed E-state index contributed by atoms with van der Waals surface area (Å²) in [6.45, 7) is 1.48. The number of hydrogen-bond acceptors (Lipinski definition) is 3. The van der Waals surface area contributed by atoms with E-state index < -0.39 is 22.8 Å². The Hall–Kier alpha value is -2.44. The highest BCUT2D eigenvalue weighted by molar-refractivity contribution is 5.78. The lowest BCUT2D eigenvalue weighted by molar-refractivity contribution is -0.436. The molecule has 0 aromatic heterocycles. The lowest BCUT2D eigenvalue weighted by Crippen LogP contribution is -2.47. The van der Waals surface area contributed by atoms with Crippen molar-refractivity contribution < 1.29 is 14.1 Å². The number of allylic oxidation sites excluding steroid dienone is 1. The molecule has 1 aromatic rings. The van der Waals surface area contributed by atoms with Gasteiger partial charge in [-0.05, 0) is 13.0 Å². The Balaban J connectivity index is 2.68. The van der Waals surface area contributed by atoms with Gasteiger partial charge < -0.3 is 4.90 Å². The van der Waals surface area contributed by atoms with Crippen LogP contribution >= 0.6 is 0 Å². The van der Waals surface area contributed by atoms with Gasteiger partial charge in [0.25, 0.3) is 5.70 Å². The number of carbonyl (C=O) groups is 1. The number of urea groups is 1. The Morgan fingerprint density at radius 3 is 2.45 bits per heavy atom. The van der Waals surface area contributed by atoms with E-state index in [0.717, 1.165) is 0 Å². The molecule has 0 fully saturated rings. The van der Waals surface area contributed by atoms with Gasteiger partial charge >= 0.3 is 6.03 Å². The molecular formula is C13H14FN3O3. The molecule has 1 aliphatic rings. The van der Waals surface area contributed by atoms with Gasteiger partial charge in [-0.15, -0.1) is 0 Å². The summed E-state index contributed by atoms with van der Waals surface area (Å²) in [7, 11) is 2.88. The third-order valence-electron chi connectivity index (χ3n) is 3.51. The van der Waals surface area contributed by atoms with Gasteiger partial charge in [0.05, 0.1) is 10.6 Å². The first-order valence-electron chi connectivity index (χ1n) is 5.96. The van der Waals surface area contributed by atoms with Gasteiger partial charge in [0.15, 0.2) is 6.04 Å². The van der Waals surface area contributed by atoms with Crippen molar-refractivity contribution >= 4 is 6.03 Å². The number of benzene rings is 1. The van der Waals surface area contributed by atoms with E-state index in [0.29, 0.717) is 0 Å². The highest BCUT2D eigenvalue weighted by Crippen LogP contribution is 2.36. The molecule has 0 spiro atoms. The van der Waals surface area contributed by atoms with Crippen molar-refractivity contribution in [1.29, 1.82) is 0 Å². The van der Waals surface area contributed by atoms with Crippen molar-refractivity contribution in [3.63, 3.8) is 0 Å². The van der Waals surface area contributed by atoms with E-state index in [9.17, 15) is 19.3 Å². The summed E-state index contributed by atoms with van der Waals surface area (Å²) in [5.41, 5.74) is 0.133. The van der Waals surface area contributed by atoms with E-state index in [1.807, 2.05) is 0 Å². The van der Waals surface area contributed by atoms with Crippen LogP contribution in [-0.2, 0) is 0 Å². The lowest BCUT2D eigenvalue weighted by atomic mass is 9.99. The van der Waals surface area contributed by atoms with Crippen LogP contribution in [-0.4, -0.2) is 34.8 Å². The molecule has 106 valence electrons. The van der Waals surface area contributed by atoms with E-state index in [1.54, 1.807) is 6.07 Å². The fourth-order valence-electron chi connectivity index (χ4n) is 2.33. The molecule has 1 heterocycles. The highest BCUT2D eigenvalue weighted by atomic mass is 19.1. The minimum absolute atomic E-state index is 0.113. The molecule has 6 nitrogen and oxygen atoms in total. The number of amides is 2. The Kier molecular flexibility index (Phi) is 3.44. The summed E-state index contributed by atoms with van der Waals surface area (Å²) in [5.74, 6) is -0.575. The summed E-state index contributed by atoms with van der Waals surface area (Å²) in [5, 5.41) is 11.3. The smallest absolute Gasteiger partial charge is 0.310 e. The second-order valence-corrected chi connectivity index (χ2v) is 4.60. The van der Waals surface area contributed by atoms with E-state index in [-0.39, 0.29) is 17.0 Å². The first-order valence-corrected chi connectivity index (χ1v) is 5.96. The minimum Gasteiger partial charge on any atom is -0.310 e. The summed E-state index contributed by atoms with van der Waals surface area (Å²) >= 11 is 0. The average Bonchev–Trinajstić information content (AvgIpc) is 2.41. The SMILES string of the molecule is CC1=C([N+](=O)[O-])C(c2ccccc2F)N(C)C(=O)N1C. The summed E-state index contributed by atoms with van der Waals surface area (Å²) in [6.07, 6.45) is 0. The maximum Gasteiger partial charge on any atom is 0.324 e. The Morgan fingerprint density at radius 1 is 1.30 bits per heavy atom. The normalized spacial score (nSPS) is 19.6. The predicted octanol–water partition coefficient (Wildman–Crippen LogP) is 2.37. The summed E-state index contributed by atoms with van der Waals surface area (Å²) in [4.78, 5) is 25.2. The van der Waals surface area contributed by atoms with Crippen LogP contribution in [0.15, 0.2) is 35.7 Å². The van der Waals surface area contributed by atoms with Crippen LogP contribution in [0, 0.1) is 15.9 Å². The molecule has 0 saturated carbocycles. The maximum absolute atomic E-state index is 13.9. The number of carbonyl (C=O) groups excluding carboxylic acids is 1. The molecule has 1 atom stereocenters. The average molecular weight is 279 g/mol. The number of nitro groups is 1. The zero-order valence-electron chi connectivity index (χ0n) is 11.3. The summed E-state index contributed by atoms with van der Waals surface area (Å²) < 4.78 is 13.9. The highest BCUT2D eigenvalue weighted by Gasteiger charge is 2.43. The van der Waals surface area contributed by atoms with E-state index >= 15 is 0 Å². The van der Waals surface area contributed by atoms with E-state index in [2.05, 4.69) is 0 Å². The molecule has 1 aliphatic heterocycles. The number of nitrogens with zero attached hydrogens (tertiary/aromatic N) is 3. The van der Waals surface area contributed by atoms with Crippen LogP contribution in [0.3, 0.4) is 0 Å². The van der Waals surface area contributed by atoms with Crippen LogP contribution in [0.2, 0.25) is 0 Å². The fourth-order valence-corrected chi connectivity index (χ4v) is 2.33. The van der Waals surface area contributed by atoms with Crippen LogP contribution in [0.1, 0.15) is 18.5 Å². The van der Waals surface area contributed by atoms with Crippen LogP contribution in [0.5, 0.6) is 0 Å². The second-order valence-electron chi connectivity index (χ2n) is 4.60. The third-order valence-corrected chi connectivity index (χ3v) is 3.51. The molecule has 0 aliphatic carbocycles. The first kappa shape index (κ1) is 14.0. The fraction of sp³-hybridized carbons (Fsp3) is 0.308. The number of halogens is 1. The lowest BCUT2D eigenvalue weighted by Gasteiger charge is -2.36. The number of likely N-dealkylation sites (N-methyl/N-ethyl adjacent to an activating group) is 1. The molecule has 7 heteroatoms. The second kappa shape index (κ2) is 4.92. The summed E-state index contributed by atoms with van der Waals surface area (Å²) in [6, 6.07) is 4.31. The Labute approximate surface area is 115 Å². The van der Waals surface area contributed by atoms with Gasteiger partial charge in [-0.1, -0.05) is 18.2 Å². The van der Waals surface area contributed by atoms with Crippen molar-refractivity contribution in [2.45, 2.75) is 13.0 Å². The van der Waals surface area contributed by atoms with Crippen molar-refractivity contribution in [2.75, 3.05) is 14.1 Å². The zero-order chi connectivity index (χ0) is 15.0. The minimum atomic E-state index is -1.03. The first-order chi connectivity index (χ1) is 9.36. The molecule has 2 amide bonds. The largest absolute Gasteiger partial charge is 0.324 e.